The average molecular weight is 395 g/mol. The minimum absolute atomic E-state index is 0.0781. The van der Waals surface area contributed by atoms with Crippen molar-refractivity contribution in [1.82, 2.24) is 25.0 Å². The number of aromatic nitrogens is 3. The van der Waals surface area contributed by atoms with Crippen molar-refractivity contribution in [3.63, 3.8) is 0 Å². The van der Waals surface area contributed by atoms with E-state index in [1.807, 2.05) is 23.6 Å². The van der Waals surface area contributed by atoms with Crippen molar-refractivity contribution in [2.75, 3.05) is 6.54 Å². The zero-order chi connectivity index (χ0) is 19.5. The fourth-order valence-corrected chi connectivity index (χ4v) is 3.99. The highest BCUT2D eigenvalue weighted by molar-refractivity contribution is 7.09. The van der Waals surface area contributed by atoms with Crippen LogP contribution in [-0.2, 0) is 33.1 Å². The molecular weight excluding hydrogens is 374 g/mol. The Labute approximate surface area is 166 Å². The summed E-state index contributed by atoms with van der Waals surface area (Å²) in [6.07, 6.45) is 0.827. The molecule has 0 atom stereocenters. The molecule has 0 radical (unpaired) electrons. The highest BCUT2D eigenvalue weighted by Gasteiger charge is 2.19. The standard InChI is InChI=1S/C20H21N5O2S/c1-24-19(26)9-15-11-25(8-7-17(15)23-24)12-16-13-28-18(22-16)10-21-20(27)14-5-3-2-4-6-14/h2-6,9,13H,7-8,10-12H2,1H3,(H,21,27). The van der Waals surface area contributed by atoms with Crippen molar-refractivity contribution < 1.29 is 4.79 Å². The third-order valence-electron chi connectivity index (χ3n) is 4.74. The van der Waals surface area contributed by atoms with Gasteiger partial charge in [-0.1, -0.05) is 18.2 Å². The number of carbonyl (C=O) groups is 1. The Morgan fingerprint density at radius 1 is 1.29 bits per heavy atom. The van der Waals surface area contributed by atoms with Crippen LogP contribution < -0.4 is 10.9 Å². The van der Waals surface area contributed by atoms with Crippen LogP contribution in [0.3, 0.4) is 0 Å². The van der Waals surface area contributed by atoms with E-state index in [-0.39, 0.29) is 11.5 Å². The van der Waals surface area contributed by atoms with Crippen LogP contribution in [0.5, 0.6) is 0 Å². The third kappa shape index (κ3) is 4.18. The lowest BCUT2D eigenvalue weighted by atomic mass is 10.1. The van der Waals surface area contributed by atoms with Crippen LogP contribution in [0.25, 0.3) is 0 Å². The van der Waals surface area contributed by atoms with E-state index in [9.17, 15) is 9.59 Å². The Hall–Kier alpha value is -2.84. The maximum atomic E-state index is 12.1. The molecular formula is C20H21N5O2S. The van der Waals surface area contributed by atoms with Gasteiger partial charge in [0.05, 0.1) is 17.9 Å². The monoisotopic (exact) mass is 395 g/mol. The summed E-state index contributed by atoms with van der Waals surface area (Å²) in [4.78, 5) is 30.9. The first-order valence-corrected chi connectivity index (χ1v) is 10.0. The van der Waals surface area contributed by atoms with Gasteiger partial charge in [-0.25, -0.2) is 9.67 Å². The summed E-state index contributed by atoms with van der Waals surface area (Å²) in [5.74, 6) is -0.0981. The summed E-state index contributed by atoms with van der Waals surface area (Å²) in [5, 5.41) is 10.2. The number of amides is 1. The molecule has 4 rings (SSSR count). The van der Waals surface area contributed by atoms with E-state index in [0.717, 1.165) is 41.5 Å². The number of rotatable bonds is 5. The van der Waals surface area contributed by atoms with Gasteiger partial charge in [-0.05, 0) is 17.7 Å². The number of hydrogen-bond donors (Lipinski definition) is 1. The van der Waals surface area contributed by atoms with Crippen molar-refractivity contribution in [2.24, 2.45) is 7.05 Å². The summed E-state index contributed by atoms with van der Waals surface area (Å²) in [6, 6.07) is 10.8. The molecule has 1 aromatic carbocycles. The summed E-state index contributed by atoms with van der Waals surface area (Å²) >= 11 is 1.55. The number of fused-ring (bicyclic) bond motifs is 1. The topological polar surface area (TPSA) is 80.1 Å². The van der Waals surface area contributed by atoms with Crippen LogP contribution in [0.15, 0.2) is 46.6 Å². The van der Waals surface area contributed by atoms with E-state index in [1.54, 1.807) is 36.6 Å². The van der Waals surface area contributed by atoms with Crippen molar-refractivity contribution in [3.8, 4) is 0 Å². The van der Waals surface area contributed by atoms with E-state index in [2.05, 4.69) is 20.3 Å². The van der Waals surface area contributed by atoms with E-state index < -0.39 is 0 Å². The fourth-order valence-electron chi connectivity index (χ4n) is 3.27. The smallest absolute Gasteiger partial charge is 0.266 e. The lowest BCUT2D eigenvalue weighted by molar-refractivity contribution is 0.0951. The molecule has 0 fully saturated rings. The first-order valence-electron chi connectivity index (χ1n) is 9.13. The molecule has 0 saturated carbocycles. The Kier molecular flexibility index (Phi) is 5.31. The molecule has 8 heteroatoms. The van der Waals surface area contributed by atoms with Gasteiger partial charge in [-0.3, -0.25) is 14.5 Å². The number of hydrogen-bond acceptors (Lipinski definition) is 6. The van der Waals surface area contributed by atoms with Crippen LogP contribution in [0.4, 0.5) is 0 Å². The van der Waals surface area contributed by atoms with Crippen LogP contribution in [-0.4, -0.2) is 32.1 Å². The van der Waals surface area contributed by atoms with Crippen molar-refractivity contribution in [1.29, 1.82) is 0 Å². The first kappa shape index (κ1) is 18.5. The molecule has 7 nitrogen and oxygen atoms in total. The molecule has 1 amide bonds. The van der Waals surface area contributed by atoms with Crippen LogP contribution in [0, 0.1) is 0 Å². The molecule has 3 heterocycles. The van der Waals surface area contributed by atoms with E-state index in [1.165, 1.54) is 4.68 Å². The number of thiazole rings is 1. The predicted octanol–water partition coefficient (Wildman–Crippen LogP) is 1.73. The van der Waals surface area contributed by atoms with Crippen molar-refractivity contribution in [3.05, 3.63) is 79.7 Å². The molecule has 0 unspecified atom stereocenters. The molecule has 2 aromatic heterocycles. The van der Waals surface area contributed by atoms with Gasteiger partial charge in [0, 0.05) is 50.1 Å². The zero-order valence-corrected chi connectivity index (χ0v) is 16.4. The molecule has 144 valence electrons. The summed E-state index contributed by atoms with van der Waals surface area (Å²) in [6.45, 7) is 2.73. The maximum absolute atomic E-state index is 12.1. The molecule has 0 bridgehead atoms. The van der Waals surface area contributed by atoms with E-state index in [0.29, 0.717) is 18.7 Å². The lowest BCUT2D eigenvalue weighted by Gasteiger charge is -2.27. The largest absolute Gasteiger partial charge is 0.346 e. The van der Waals surface area contributed by atoms with Gasteiger partial charge >= 0.3 is 0 Å². The molecule has 0 spiro atoms. The summed E-state index contributed by atoms with van der Waals surface area (Å²) in [5.41, 5.74) is 3.55. The minimum Gasteiger partial charge on any atom is -0.346 e. The third-order valence-corrected chi connectivity index (χ3v) is 5.64. The second kappa shape index (κ2) is 8.04. The fraction of sp³-hybridized carbons (Fsp3) is 0.300. The molecule has 1 aliphatic heterocycles. The van der Waals surface area contributed by atoms with Gasteiger partial charge in [-0.2, -0.15) is 5.10 Å². The Morgan fingerprint density at radius 2 is 2.11 bits per heavy atom. The lowest BCUT2D eigenvalue weighted by Crippen LogP contribution is -2.34. The Balaban J connectivity index is 1.34. The van der Waals surface area contributed by atoms with E-state index >= 15 is 0 Å². The molecule has 3 aromatic rings. The summed E-state index contributed by atoms with van der Waals surface area (Å²) in [7, 11) is 1.68. The predicted molar refractivity (Wildman–Crippen MR) is 107 cm³/mol. The van der Waals surface area contributed by atoms with Gasteiger partial charge in [0.25, 0.3) is 11.5 Å². The number of carbonyl (C=O) groups excluding carboxylic acids is 1. The number of nitrogens with one attached hydrogen (secondary N) is 1. The molecule has 28 heavy (non-hydrogen) atoms. The van der Waals surface area contributed by atoms with Gasteiger partial charge in [0.1, 0.15) is 5.01 Å². The normalized spacial score (nSPS) is 13.9. The number of nitrogens with zero attached hydrogens (tertiary/aromatic N) is 4. The van der Waals surface area contributed by atoms with Gasteiger partial charge in [0.2, 0.25) is 0 Å². The number of benzene rings is 1. The second-order valence-corrected chi connectivity index (χ2v) is 7.76. The molecule has 1 N–H and O–H groups in total. The van der Waals surface area contributed by atoms with Crippen molar-refractivity contribution >= 4 is 17.2 Å². The quantitative estimate of drug-likeness (QED) is 0.712. The molecule has 0 saturated heterocycles. The maximum Gasteiger partial charge on any atom is 0.266 e. The van der Waals surface area contributed by atoms with E-state index in [4.69, 9.17) is 0 Å². The van der Waals surface area contributed by atoms with Crippen LogP contribution in [0.2, 0.25) is 0 Å². The van der Waals surface area contributed by atoms with Gasteiger partial charge in [0.15, 0.2) is 0 Å². The molecule has 1 aliphatic rings. The molecule has 0 aliphatic carbocycles. The number of aryl methyl sites for hydroxylation is 1. The van der Waals surface area contributed by atoms with Gasteiger partial charge < -0.3 is 5.32 Å². The highest BCUT2D eigenvalue weighted by Crippen LogP contribution is 2.18. The SMILES string of the molecule is Cn1nc2c(cc1=O)CN(Cc1csc(CNC(=O)c3ccccc3)n1)CC2. The van der Waals surface area contributed by atoms with Crippen LogP contribution in [0.1, 0.15) is 32.3 Å². The zero-order valence-electron chi connectivity index (χ0n) is 15.6. The first-order chi connectivity index (χ1) is 13.6. The van der Waals surface area contributed by atoms with Gasteiger partial charge in [-0.15, -0.1) is 11.3 Å². The highest BCUT2D eigenvalue weighted by atomic mass is 32.1. The van der Waals surface area contributed by atoms with Crippen LogP contribution >= 0.6 is 11.3 Å². The Bertz CT molecular complexity index is 1040. The minimum atomic E-state index is -0.0981. The average Bonchev–Trinajstić information content (AvgIpc) is 3.15. The summed E-state index contributed by atoms with van der Waals surface area (Å²) < 4.78 is 1.39. The van der Waals surface area contributed by atoms with Crippen molar-refractivity contribution in [2.45, 2.75) is 26.1 Å². The Morgan fingerprint density at radius 3 is 2.93 bits per heavy atom. The second-order valence-electron chi connectivity index (χ2n) is 6.82.